The lowest BCUT2D eigenvalue weighted by Gasteiger charge is -2.22. The smallest absolute Gasteiger partial charge is 0.255 e. The SMILES string of the molecule is O=C(Nc1nc2cc3c(cc2s1)OCO3)C1CSCN1C(=O)c1ccc(Cl)cc1. The van der Waals surface area contributed by atoms with Crippen molar-refractivity contribution in [3.63, 3.8) is 0 Å². The number of halogens is 1. The normalized spacial score (nSPS) is 17.7. The van der Waals surface area contributed by atoms with Gasteiger partial charge in [0.25, 0.3) is 5.91 Å². The summed E-state index contributed by atoms with van der Waals surface area (Å²) in [5, 5.41) is 3.89. The molecule has 10 heteroatoms. The number of anilines is 1. The van der Waals surface area contributed by atoms with Crippen LogP contribution in [0.3, 0.4) is 0 Å². The lowest BCUT2D eigenvalue weighted by atomic mass is 10.1. The van der Waals surface area contributed by atoms with E-state index >= 15 is 0 Å². The second-order valence-corrected chi connectivity index (χ2v) is 8.95. The third-order valence-electron chi connectivity index (χ3n) is 4.65. The molecule has 2 aromatic carbocycles. The Balaban J connectivity index is 1.34. The van der Waals surface area contributed by atoms with Crippen LogP contribution in [-0.2, 0) is 4.79 Å². The minimum atomic E-state index is -0.563. The summed E-state index contributed by atoms with van der Waals surface area (Å²) >= 11 is 8.79. The molecule has 3 heterocycles. The van der Waals surface area contributed by atoms with Crippen molar-refractivity contribution in [1.82, 2.24) is 9.88 Å². The summed E-state index contributed by atoms with van der Waals surface area (Å²) < 4.78 is 11.6. The molecule has 1 unspecified atom stereocenters. The van der Waals surface area contributed by atoms with Crippen LogP contribution in [0.1, 0.15) is 10.4 Å². The van der Waals surface area contributed by atoms with Crippen LogP contribution in [0.15, 0.2) is 36.4 Å². The number of ether oxygens (including phenoxy) is 2. The fourth-order valence-corrected chi connectivity index (χ4v) is 5.34. The molecule has 2 amide bonds. The number of carbonyl (C=O) groups is 2. The topological polar surface area (TPSA) is 80.8 Å². The maximum atomic E-state index is 12.9. The van der Waals surface area contributed by atoms with Crippen molar-refractivity contribution in [2.24, 2.45) is 0 Å². The molecular weight excluding hydrogens is 434 g/mol. The number of nitrogens with zero attached hydrogens (tertiary/aromatic N) is 2. The number of hydrogen-bond acceptors (Lipinski definition) is 7. The largest absolute Gasteiger partial charge is 0.454 e. The van der Waals surface area contributed by atoms with E-state index < -0.39 is 6.04 Å². The summed E-state index contributed by atoms with van der Waals surface area (Å²) in [5.74, 6) is 1.86. The second kappa shape index (κ2) is 7.40. The lowest BCUT2D eigenvalue weighted by molar-refractivity contribution is -0.119. The van der Waals surface area contributed by atoms with Crippen molar-refractivity contribution < 1.29 is 19.1 Å². The van der Waals surface area contributed by atoms with E-state index in [1.807, 2.05) is 6.07 Å². The number of rotatable bonds is 3. The van der Waals surface area contributed by atoms with E-state index in [9.17, 15) is 9.59 Å². The molecule has 0 saturated carbocycles. The molecule has 1 atom stereocenters. The molecule has 0 spiro atoms. The molecule has 2 aliphatic heterocycles. The van der Waals surface area contributed by atoms with Gasteiger partial charge >= 0.3 is 0 Å². The van der Waals surface area contributed by atoms with Gasteiger partial charge in [-0.05, 0) is 24.3 Å². The van der Waals surface area contributed by atoms with E-state index in [1.54, 1.807) is 47.0 Å². The monoisotopic (exact) mass is 447 g/mol. The molecular formula is C19H14ClN3O4S2. The molecule has 7 nitrogen and oxygen atoms in total. The second-order valence-electron chi connectivity index (χ2n) is 6.48. The van der Waals surface area contributed by atoms with Gasteiger partial charge in [-0.1, -0.05) is 22.9 Å². The summed E-state index contributed by atoms with van der Waals surface area (Å²) in [6.45, 7) is 0.201. The molecule has 1 fully saturated rings. The Kier molecular flexibility index (Phi) is 4.73. The molecule has 0 aliphatic carbocycles. The predicted molar refractivity (Wildman–Crippen MR) is 113 cm³/mol. The number of thioether (sulfide) groups is 1. The fourth-order valence-electron chi connectivity index (χ4n) is 3.18. The quantitative estimate of drug-likeness (QED) is 0.657. The van der Waals surface area contributed by atoms with Gasteiger partial charge in [-0.3, -0.25) is 9.59 Å². The first-order chi connectivity index (χ1) is 14.1. The summed E-state index contributed by atoms with van der Waals surface area (Å²) in [4.78, 5) is 31.7. The number of aromatic nitrogens is 1. The van der Waals surface area contributed by atoms with Gasteiger partial charge in [-0.25, -0.2) is 4.98 Å². The molecule has 29 heavy (non-hydrogen) atoms. The average Bonchev–Trinajstić information content (AvgIpc) is 3.44. The van der Waals surface area contributed by atoms with Gasteiger partial charge in [0, 0.05) is 28.5 Å². The Morgan fingerprint density at radius 2 is 1.93 bits per heavy atom. The van der Waals surface area contributed by atoms with Crippen LogP contribution in [-0.4, -0.2) is 46.2 Å². The maximum Gasteiger partial charge on any atom is 0.255 e. The molecule has 0 radical (unpaired) electrons. The molecule has 148 valence electrons. The van der Waals surface area contributed by atoms with Crippen molar-refractivity contribution in [2.45, 2.75) is 6.04 Å². The lowest BCUT2D eigenvalue weighted by Crippen LogP contribution is -2.44. The van der Waals surface area contributed by atoms with Crippen molar-refractivity contribution in [2.75, 3.05) is 23.7 Å². The molecule has 2 aliphatic rings. The van der Waals surface area contributed by atoms with Gasteiger partial charge in [-0.2, -0.15) is 0 Å². The number of nitrogens with one attached hydrogen (secondary N) is 1. The Hall–Kier alpha value is -2.49. The van der Waals surface area contributed by atoms with Crippen LogP contribution in [0.25, 0.3) is 10.2 Å². The Morgan fingerprint density at radius 1 is 1.17 bits per heavy atom. The van der Waals surface area contributed by atoms with Crippen LogP contribution >= 0.6 is 34.7 Å². The summed E-state index contributed by atoms with van der Waals surface area (Å²) in [6, 6.07) is 9.75. The molecule has 1 saturated heterocycles. The van der Waals surface area contributed by atoms with Crippen LogP contribution in [0, 0.1) is 0 Å². The highest BCUT2D eigenvalue weighted by molar-refractivity contribution is 7.99. The number of fused-ring (bicyclic) bond motifs is 2. The first kappa shape index (κ1) is 18.5. The van der Waals surface area contributed by atoms with Crippen LogP contribution in [0.2, 0.25) is 5.02 Å². The van der Waals surface area contributed by atoms with Crippen molar-refractivity contribution in [3.8, 4) is 11.5 Å². The third kappa shape index (κ3) is 3.50. The highest BCUT2D eigenvalue weighted by Gasteiger charge is 2.35. The van der Waals surface area contributed by atoms with Crippen LogP contribution in [0.5, 0.6) is 11.5 Å². The van der Waals surface area contributed by atoms with Gasteiger partial charge in [0.15, 0.2) is 16.6 Å². The zero-order chi connectivity index (χ0) is 20.0. The summed E-state index contributed by atoms with van der Waals surface area (Å²) in [6.07, 6.45) is 0. The number of thiazole rings is 1. The molecule has 5 rings (SSSR count). The van der Waals surface area contributed by atoms with E-state index in [0.29, 0.717) is 38.8 Å². The minimum Gasteiger partial charge on any atom is -0.454 e. The van der Waals surface area contributed by atoms with Crippen molar-refractivity contribution in [1.29, 1.82) is 0 Å². The minimum absolute atomic E-state index is 0.193. The fraction of sp³-hybridized carbons (Fsp3) is 0.211. The summed E-state index contributed by atoms with van der Waals surface area (Å²) in [7, 11) is 0. The van der Waals surface area contributed by atoms with Gasteiger partial charge in [-0.15, -0.1) is 11.8 Å². The highest BCUT2D eigenvalue weighted by atomic mass is 35.5. The number of hydrogen-bond donors (Lipinski definition) is 1. The zero-order valence-electron chi connectivity index (χ0n) is 14.9. The Morgan fingerprint density at radius 3 is 2.72 bits per heavy atom. The van der Waals surface area contributed by atoms with Crippen LogP contribution in [0.4, 0.5) is 5.13 Å². The third-order valence-corrected chi connectivity index (χ3v) is 6.85. The Labute approximate surface area is 178 Å². The van der Waals surface area contributed by atoms with E-state index in [2.05, 4.69) is 10.3 Å². The number of benzene rings is 2. The standard InChI is InChI=1S/C19H14ClN3O4S2/c20-11-3-1-10(2-4-11)18(25)23-8-28-7-13(23)17(24)22-19-21-12-5-14-15(27-9-26-14)6-16(12)29-19/h1-6,13H,7-9H2,(H,21,22,24). The van der Waals surface area contributed by atoms with E-state index in [1.165, 1.54) is 11.3 Å². The summed E-state index contributed by atoms with van der Waals surface area (Å²) in [5.41, 5.74) is 1.23. The number of carbonyl (C=O) groups excluding carboxylic acids is 2. The first-order valence-corrected chi connectivity index (χ1v) is 11.1. The van der Waals surface area contributed by atoms with Gasteiger partial charge in [0.2, 0.25) is 12.7 Å². The molecule has 1 aromatic heterocycles. The highest BCUT2D eigenvalue weighted by Crippen LogP contribution is 2.39. The average molecular weight is 448 g/mol. The zero-order valence-corrected chi connectivity index (χ0v) is 17.3. The molecule has 1 N–H and O–H groups in total. The van der Waals surface area contributed by atoms with Gasteiger partial charge < -0.3 is 19.7 Å². The molecule has 3 aromatic rings. The van der Waals surface area contributed by atoms with E-state index in [-0.39, 0.29) is 18.6 Å². The van der Waals surface area contributed by atoms with E-state index in [4.69, 9.17) is 21.1 Å². The van der Waals surface area contributed by atoms with Crippen LogP contribution < -0.4 is 14.8 Å². The Bertz CT molecular complexity index is 1080. The van der Waals surface area contributed by atoms with Crippen molar-refractivity contribution >= 4 is 61.9 Å². The van der Waals surface area contributed by atoms with E-state index in [0.717, 1.165) is 10.2 Å². The number of amides is 2. The predicted octanol–water partition coefficient (Wildman–Crippen LogP) is 3.83. The maximum absolute atomic E-state index is 12.9. The van der Waals surface area contributed by atoms with Crippen molar-refractivity contribution in [3.05, 3.63) is 47.0 Å². The van der Waals surface area contributed by atoms with Gasteiger partial charge in [0.1, 0.15) is 6.04 Å². The first-order valence-electron chi connectivity index (χ1n) is 8.74. The van der Waals surface area contributed by atoms with Gasteiger partial charge in [0.05, 0.1) is 16.1 Å². The molecule has 0 bridgehead atoms.